The maximum absolute atomic E-state index is 4.47. The van der Waals surface area contributed by atoms with Crippen LogP contribution in [0.2, 0.25) is 0 Å². The van der Waals surface area contributed by atoms with Crippen LogP contribution in [-0.2, 0) is 13.5 Å². The molecule has 0 saturated carbocycles. The Morgan fingerprint density at radius 1 is 1.29 bits per heavy atom. The molecule has 0 radical (unpaired) electrons. The third-order valence-corrected chi connectivity index (χ3v) is 3.79. The molecule has 5 nitrogen and oxygen atoms in total. The molecule has 0 aliphatic rings. The zero-order valence-corrected chi connectivity index (χ0v) is 14.6. The average molecular weight is 293 g/mol. The summed E-state index contributed by atoms with van der Waals surface area (Å²) in [5.74, 6) is 1.58. The first kappa shape index (κ1) is 17.5. The van der Waals surface area contributed by atoms with Crippen LogP contribution in [0.4, 0.5) is 0 Å². The van der Waals surface area contributed by atoms with Crippen molar-refractivity contribution in [2.24, 2.45) is 18.0 Å². The Hall–Kier alpha value is -1.52. The van der Waals surface area contributed by atoms with Gasteiger partial charge in [-0.3, -0.25) is 9.67 Å². The lowest BCUT2D eigenvalue weighted by Crippen LogP contribution is -2.43. The predicted octanol–water partition coefficient (Wildman–Crippen LogP) is 2.18. The van der Waals surface area contributed by atoms with E-state index in [0.717, 1.165) is 31.0 Å². The van der Waals surface area contributed by atoms with Crippen molar-refractivity contribution in [2.75, 3.05) is 13.6 Å². The second-order valence-corrected chi connectivity index (χ2v) is 6.20. The minimum Gasteiger partial charge on any atom is -0.356 e. The van der Waals surface area contributed by atoms with Crippen molar-refractivity contribution in [2.45, 2.75) is 53.5 Å². The van der Waals surface area contributed by atoms with Crippen molar-refractivity contribution in [3.63, 3.8) is 0 Å². The summed E-state index contributed by atoms with van der Waals surface area (Å²) in [4.78, 5) is 4.29. The van der Waals surface area contributed by atoms with Crippen LogP contribution in [0.25, 0.3) is 0 Å². The van der Waals surface area contributed by atoms with Gasteiger partial charge in [-0.2, -0.15) is 5.10 Å². The van der Waals surface area contributed by atoms with Crippen molar-refractivity contribution >= 4 is 5.96 Å². The quantitative estimate of drug-likeness (QED) is 0.624. The number of rotatable bonds is 6. The van der Waals surface area contributed by atoms with Gasteiger partial charge in [-0.05, 0) is 45.1 Å². The van der Waals surface area contributed by atoms with E-state index < -0.39 is 0 Å². The Labute approximate surface area is 129 Å². The maximum Gasteiger partial charge on any atom is 0.191 e. The third-order valence-electron chi connectivity index (χ3n) is 3.79. The summed E-state index contributed by atoms with van der Waals surface area (Å²) in [6, 6.07) is 0.317. The summed E-state index contributed by atoms with van der Waals surface area (Å²) < 4.78 is 1.95. The molecular weight excluding hydrogens is 262 g/mol. The van der Waals surface area contributed by atoms with Crippen LogP contribution in [0, 0.1) is 19.8 Å². The fourth-order valence-corrected chi connectivity index (χ4v) is 2.38. The van der Waals surface area contributed by atoms with Crippen LogP contribution in [0.5, 0.6) is 0 Å². The summed E-state index contributed by atoms with van der Waals surface area (Å²) in [7, 11) is 3.81. The number of hydrogen-bond acceptors (Lipinski definition) is 2. The Morgan fingerprint density at radius 3 is 2.43 bits per heavy atom. The van der Waals surface area contributed by atoms with Gasteiger partial charge in [0, 0.05) is 32.4 Å². The molecule has 1 atom stereocenters. The number of hydrogen-bond donors (Lipinski definition) is 2. The number of aromatic nitrogens is 2. The largest absolute Gasteiger partial charge is 0.356 e. The van der Waals surface area contributed by atoms with Gasteiger partial charge >= 0.3 is 0 Å². The molecule has 1 aromatic rings. The molecule has 5 heteroatoms. The van der Waals surface area contributed by atoms with Gasteiger partial charge in [-0.15, -0.1) is 0 Å². The lowest BCUT2D eigenvalue weighted by Gasteiger charge is -2.18. The van der Waals surface area contributed by atoms with Crippen molar-refractivity contribution in [1.29, 1.82) is 0 Å². The first-order valence-corrected chi connectivity index (χ1v) is 7.81. The molecule has 2 N–H and O–H groups in total. The molecule has 0 aliphatic carbocycles. The van der Waals surface area contributed by atoms with Crippen molar-refractivity contribution in [3.05, 3.63) is 17.0 Å². The van der Waals surface area contributed by atoms with Crippen molar-refractivity contribution in [3.8, 4) is 0 Å². The lowest BCUT2D eigenvalue weighted by atomic mass is 10.1. The Bertz CT molecular complexity index is 473. The zero-order valence-electron chi connectivity index (χ0n) is 14.6. The molecule has 120 valence electrons. The number of aryl methyl sites for hydroxylation is 2. The molecule has 1 rings (SSSR count). The monoisotopic (exact) mass is 293 g/mol. The highest BCUT2D eigenvalue weighted by Gasteiger charge is 2.13. The van der Waals surface area contributed by atoms with E-state index in [1.807, 2.05) is 18.8 Å². The number of nitrogens with one attached hydrogen (secondary N) is 2. The third kappa shape index (κ3) is 5.40. The highest BCUT2D eigenvalue weighted by molar-refractivity contribution is 5.79. The smallest absolute Gasteiger partial charge is 0.191 e. The van der Waals surface area contributed by atoms with E-state index in [4.69, 9.17) is 0 Å². The van der Waals surface area contributed by atoms with E-state index in [2.05, 4.69) is 55.3 Å². The number of nitrogens with zero attached hydrogens (tertiary/aromatic N) is 3. The first-order chi connectivity index (χ1) is 9.85. The van der Waals surface area contributed by atoms with Gasteiger partial charge < -0.3 is 10.6 Å². The van der Waals surface area contributed by atoms with Gasteiger partial charge in [0.2, 0.25) is 0 Å². The fourth-order valence-electron chi connectivity index (χ4n) is 2.38. The minimum atomic E-state index is 0.317. The standard InChI is InChI=1S/C16H31N5/c1-11(2)8-9-18-16(17-6)19-12(3)10-15-13(4)20-21(7)14(15)5/h11-12H,8-10H2,1-7H3,(H2,17,18,19). The second-order valence-electron chi connectivity index (χ2n) is 6.20. The topological polar surface area (TPSA) is 54.2 Å². The van der Waals surface area contributed by atoms with E-state index in [-0.39, 0.29) is 0 Å². The normalized spacial score (nSPS) is 13.6. The van der Waals surface area contributed by atoms with Gasteiger partial charge in [0.25, 0.3) is 0 Å². The molecule has 0 amide bonds. The van der Waals surface area contributed by atoms with Gasteiger partial charge in [-0.1, -0.05) is 13.8 Å². The van der Waals surface area contributed by atoms with Gasteiger partial charge in [-0.25, -0.2) is 0 Å². The van der Waals surface area contributed by atoms with Crippen LogP contribution in [0.15, 0.2) is 4.99 Å². The highest BCUT2D eigenvalue weighted by atomic mass is 15.3. The summed E-state index contributed by atoms with van der Waals surface area (Å²) in [5, 5.41) is 11.3. The molecule has 0 saturated heterocycles. The van der Waals surface area contributed by atoms with Crippen LogP contribution in [0.3, 0.4) is 0 Å². The Kier molecular flexibility index (Phi) is 6.72. The first-order valence-electron chi connectivity index (χ1n) is 7.81. The van der Waals surface area contributed by atoms with E-state index in [0.29, 0.717) is 12.0 Å². The number of aliphatic imine (C=N–C) groups is 1. The van der Waals surface area contributed by atoms with Gasteiger partial charge in [0.05, 0.1) is 5.69 Å². The van der Waals surface area contributed by atoms with Gasteiger partial charge in [0.1, 0.15) is 0 Å². The molecular formula is C16H31N5. The SMILES string of the molecule is CN=C(NCCC(C)C)NC(C)Cc1c(C)nn(C)c1C. The molecule has 0 fully saturated rings. The van der Waals surface area contributed by atoms with Crippen molar-refractivity contribution < 1.29 is 0 Å². The lowest BCUT2D eigenvalue weighted by molar-refractivity contribution is 0.566. The predicted molar refractivity (Wildman–Crippen MR) is 89.8 cm³/mol. The Balaban J connectivity index is 2.53. The van der Waals surface area contributed by atoms with Gasteiger partial charge in [0.15, 0.2) is 5.96 Å². The average Bonchev–Trinajstić information content (AvgIpc) is 2.64. The molecule has 0 aromatic carbocycles. The van der Waals surface area contributed by atoms with E-state index in [1.165, 1.54) is 11.3 Å². The zero-order chi connectivity index (χ0) is 16.0. The molecule has 1 heterocycles. The molecule has 0 spiro atoms. The molecule has 1 aromatic heterocycles. The Morgan fingerprint density at radius 2 is 1.95 bits per heavy atom. The molecule has 0 bridgehead atoms. The maximum atomic E-state index is 4.47. The van der Waals surface area contributed by atoms with E-state index >= 15 is 0 Å². The second kappa shape index (κ2) is 8.05. The molecule has 1 unspecified atom stereocenters. The van der Waals surface area contributed by atoms with Crippen LogP contribution in [-0.4, -0.2) is 35.4 Å². The summed E-state index contributed by atoms with van der Waals surface area (Å²) in [6.45, 7) is 11.8. The summed E-state index contributed by atoms with van der Waals surface area (Å²) in [6.07, 6.45) is 2.10. The molecule has 21 heavy (non-hydrogen) atoms. The van der Waals surface area contributed by atoms with Crippen LogP contribution in [0.1, 0.15) is 44.1 Å². The summed E-state index contributed by atoms with van der Waals surface area (Å²) >= 11 is 0. The number of guanidine groups is 1. The minimum absolute atomic E-state index is 0.317. The molecule has 0 aliphatic heterocycles. The van der Waals surface area contributed by atoms with Crippen molar-refractivity contribution in [1.82, 2.24) is 20.4 Å². The van der Waals surface area contributed by atoms with E-state index in [9.17, 15) is 0 Å². The van der Waals surface area contributed by atoms with E-state index in [1.54, 1.807) is 0 Å². The summed E-state index contributed by atoms with van der Waals surface area (Å²) in [5.41, 5.74) is 3.69. The van der Waals surface area contributed by atoms with Crippen LogP contribution < -0.4 is 10.6 Å². The fraction of sp³-hybridized carbons (Fsp3) is 0.750. The van der Waals surface area contributed by atoms with Crippen LogP contribution >= 0.6 is 0 Å². The highest BCUT2D eigenvalue weighted by Crippen LogP contribution is 2.14.